The van der Waals surface area contributed by atoms with Crippen LogP contribution in [-0.4, -0.2) is 15.8 Å². The highest BCUT2D eigenvalue weighted by Crippen LogP contribution is 2.17. The quantitative estimate of drug-likeness (QED) is 0.606. The molecule has 0 aliphatic heterocycles. The maximum Gasteiger partial charge on any atom is 0.306 e. The number of nitrogens with zero attached hydrogens (tertiary/aromatic N) is 3. The molecule has 0 saturated carbocycles. The molecule has 0 unspecified atom stereocenters. The van der Waals surface area contributed by atoms with Crippen LogP contribution in [0.2, 0.25) is 0 Å². The van der Waals surface area contributed by atoms with Gasteiger partial charge in [0.15, 0.2) is 0 Å². The van der Waals surface area contributed by atoms with Crippen molar-refractivity contribution in [2.24, 2.45) is 5.73 Å². The van der Waals surface area contributed by atoms with E-state index in [-0.39, 0.29) is 17.8 Å². The number of aromatic nitrogens is 1. The molecule has 1 amide bonds. The Morgan fingerprint density at radius 3 is 2.94 bits per heavy atom. The lowest BCUT2D eigenvalue weighted by atomic mass is 10.2. The van der Waals surface area contributed by atoms with E-state index in [0.29, 0.717) is 5.56 Å². The normalized spacial score (nSPS) is 10.1. The van der Waals surface area contributed by atoms with E-state index in [0.717, 1.165) is 0 Å². The van der Waals surface area contributed by atoms with Crippen molar-refractivity contribution < 1.29 is 9.72 Å². The van der Waals surface area contributed by atoms with Crippen molar-refractivity contribution in [1.82, 2.24) is 4.98 Å². The van der Waals surface area contributed by atoms with Crippen LogP contribution in [0.1, 0.15) is 17.7 Å². The molecule has 7 nitrogen and oxygen atoms in total. The molecule has 0 saturated heterocycles. The fourth-order valence-corrected chi connectivity index (χ4v) is 1.10. The van der Waals surface area contributed by atoms with Crippen molar-refractivity contribution in [3.05, 3.63) is 39.7 Å². The fraction of sp³-hybridized carbons (Fsp3) is 0.100. The molecular weight excluding hydrogens is 224 g/mol. The number of primary amides is 1. The summed E-state index contributed by atoms with van der Waals surface area (Å²) in [7, 11) is 0. The minimum absolute atomic E-state index is 0.0355. The van der Waals surface area contributed by atoms with Crippen LogP contribution in [0.15, 0.2) is 18.3 Å². The second-order valence-corrected chi connectivity index (χ2v) is 3.08. The summed E-state index contributed by atoms with van der Waals surface area (Å²) in [5.74, 6) is -0.502. The van der Waals surface area contributed by atoms with E-state index in [1.807, 2.05) is 0 Å². The number of hydrogen-bond donors (Lipinski definition) is 1. The zero-order valence-corrected chi connectivity index (χ0v) is 8.66. The van der Waals surface area contributed by atoms with Gasteiger partial charge < -0.3 is 5.73 Å². The van der Waals surface area contributed by atoms with E-state index < -0.39 is 10.8 Å². The number of nitriles is 1. The summed E-state index contributed by atoms with van der Waals surface area (Å²) in [6.45, 7) is 0. The van der Waals surface area contributed by atoms with Gasteiger partial charge in [-0.1, -0.05) is 12.2 Å². The topological polar surface area (TPSA) is 123 Å². The van der Waals surface area contributed by atoms with Crippen molar-refractivity contribution in [1.29, 1.82) is 5.26 Å². The first-order valence-electron chi connectivity index (χ1n) is 4.54. The fourth-order valence-electron chi connectivity index (χ4n) is 1.10. The van der Waals surface area contributed by atoms with Crippen molar-refractivity contribution in [3.8, 4) is 6.07 Å². The van der Waals surface area contributed by atoms with Gasteiger partial charge >= 0.3 is 5.69 Å². The number of carbonyl (C=O) groups is 1. The van der Waals surface area contributed by atoms with E-state index in [2.05, 4.69) is 4.98 Å². The molecule has 1 heterocycles. The van der Waals surface area contributed by atoms with Crippen LogP contribution in [0, 0.1) is 21.4 Å². The van der Waals surface area contributed by atoms with E-state index in [4.69, 9.17) is 11.0 Å². The molecule has 1 rings (SSSR count). The first-order valence-corrected chi connectivity index (χ1v) is 4.54. The number of carbonyl (C=O) groups excluding carboxylic acids is 1. The van der Waals surface area contributed by atoms with Crippen LogP contribution in [0.5, 0.6) is 0 Å². The second-order valence-electron chi connectivity index (χ2n) is 3.08. The minimum atomic E-state index is -0.684. The van der Waals surface area contributed by atoms with Crippen LogP contribution in [0.4, 0.5) is 5.69 Å². The zero-order valence-electron chi connectivity index (χ0n) is 8.66. The predicted octanol–water partition coefficient (Wildman–Crippen LogP) is 0.750. The molecule has 2 N–H and O–H groups in total. The predicted molar refractivity (Wildman–Crippen MR) is 58.5 cm³/mol. The summed E-state index contributed by atoms with van der Waals surface area (Å²) in [4.78, 5) is 24.1. The van der Waals surface area contributed by atoms with Gasteiger partial charge in [-0.15, -0.1) is 0 Å². The van der Waals surface area contributed by atoms with Gasteiger partial charge in [0.05, 0.1) is 4.92 Å². The van der Waals surface area contributed by atoms with Crippen molar-refractivity contribution in [2.75, 3.05) is 0 Å². The van der Waals surface area contributed by atoms with Gasteiger partial charge in [-0.3, -0.25) is 14.9 Å². The number of amides is 1. The Kier molecular flexibility index (Phi) is 3.89. The molecule has 0 atom stereocenters. The van der Waals surface area contributed by atoms with Crippen LogP contribution >= 0.6 is 0 Å². The molecule has 1 aromatic rings. The maximum atomic E-state index is 10.6. The van der Waals surface area contributed by atoms with Gasteiger partial charge in [0, 0.05) is 18.7 Å². The highest BCUT2D eigenvalue weighted by atomic mass is 16.6. The SMILES string of the molecule is N#Cc1ncc(C=CCC(N)=O)cc1[N+](=O)[O-]. The van der Waals surface area contributed by atoms with Crippen LogP contribution in [-0.2, 0) is 4.79 Å². The second kappa shape index (κ2) is 5.37. The average molecular weight is 232 g/mol. The molecule has 0 radical (unpaired) electrons. The monoisotopic (exact) mass is 232 g/mol. The summed E-state index contributed by atoms with van der Waals surface area (Å²) < 4.78 is 0. The Labute approximate surface area is 96.3 Å². The number of hydrogen-bond acceptors (Lipinski definition) is 5. The molecule has 0 fully saturated rings. The third-order valence-electron chi connectivity index (χ3n) is 1.82. The summed E-state index contributed by atoms with van der Waals surface area (Å²) in [5, 5.41) is 19.2. The zero-order chi connectivity index (χ0) is 12.8. The van der Waals surface area contributed by atoms with Gasteiger partial charge in [-0.05, 0) is 5.56 Å². The number of rotatable bonds is 4. The highest BCUT2D eigenvalue weighted by molar-refractivity contribution is 5.76. The number of nitro groups is 1. The average Bonchev–Trinajstić information content (AvgIpc) is 2.28. The minimum Gasteiger partial charge on any atom is -0.369 e. The number of pyridine rings is 1. The molecular formula is C10H8N4O3. The Bertz CT molecular complexity index is 531. The highest BCUT2D eigenvalue weighted by Gasteiger charge is 2.14. The van der Waals surface area contributed by atoms with Crippen molar-refractivity contribution >= 4 is 17.7 Å². The lowest BCUT2D eigenvalue weighted by Gasteiger charge is -1.96. The van der Waals surface area contributed by atoms with E-state index >= 15 is 0 Å². The first kappa shape index (κ1) is 12.3. The Balaban J connectivity index is 3.01. The molecule has 7 heteroatoms. The standard InChI is InChI=1S/C10H8N4O3/c11-5-8-9(14(16)17)4-7(6-13-8)2-1-3-10(12)15/h1-2,4,6H,3H2,(H2,12,15). The van der Waals surface area contributed by atoms with Crippen molar-refractivity contribution in [2.45, 2.75) is 6.42 Å². The van der Waals surface area contributed by atoms with E-state index in [9.17, 15) is 14.9 Å². The van der Waals surface area contributed by atoms with Crippen LogP contribution < -0.4 is 5.73 Å². The summed E-state index contributed by atoms with van der Waals surface area (Å²) in [6.07, 6.45) is 4.29. The molecule has 0 spiro atoms. The number of nitrogens with two attached hydrogens (primary N) is 1. The molecule has 0 aliphatic carbocycles. The van der Waals surface area contributed by atoms with Gasteiger partial charge in [-0.2, -0.15) is 5.26 Å². The summed E-state index contributed by atoms with van der Waals surface area (Å²) >= 11 is 0. The van der Waals surface area contributed by atoms with Crippen LogP contribution in [0.3, 0.4) is 0 Å². The van der Waals surface area contributed by atoms with Crippen molar-refractivity contribution in [3.63, 3.8) is 0 Å². The lowest BCUT2D eigenvalue weighted by molar-refractivity contribution is -0.385. The third-order valence-corrected chi connectivity index (χ3v) is 1.82. The molecule has 1 aromatic heterocycles. The van der Waals surface area contributed by atoms with Gasteiger partial charge in [0.1, 0.15) is 6.07 Å². The first-order chi connectivity index (χ1) is 8.04. The lowest BCUT2D eigenvalue weighted by Crippen LogP contribution is -2.07. The van der Waals surface area contributed by atoms with Crippen LogP contribution in [0.25, 0.3) is 6.08 Å². The van der Waals surface area contributed by atoms with Gasteiger partial charge in [0.2, 0.25) is 11.6 Å². The van der Waals surface area contributed by atoms with Gasteiger partial charge in [0.25, 0.3) is 0 Å². The summed E-state index contributed by atoms with van der Waals surface area (Å²) in [5.41, 5.74) is 4.74. The Morgan fingerprint density at radius 2 is 2.41 bits per heavy atom. The van der Waals surface area contributed by atoms with E-state index in [1.165, 1.54) is 24.4 Å². The third kappa shape index (κ3) is 3.39. The largest absolute Gasteiger partial charge is 0.369 e. The molecule has 17 heavy (non-hydrogen) atoms. The summed E-state index contributed by atoms with van der Waals surface area (Å²) in [6, 6.07) is 2.84. The Hall–Kier alpha value is -2.75. The van der Waals surface area contributed by atoms with E-state index in [1.54, 1.807) is 6.07 Å². The molecule has 0 aromatic carbocycles. The molecule has 0 aliphatic rings. The molecule has 86 valence electrons. The molecule has 0 bridgehead atoms. The smallest absolute Gasteiger partial charge is 0.306 e. The van der Waals surface area contributed by atoms with Gasteiger partial charge in [-0.25, -0.2) is 4.98 Å². The Morgan fingerprint density at radius 1 is 1.71 bits per heavy atom. The maximum absolute atomic E-state index is 10.6.